The molecular formula is C15H12FN5O. The van der Waals surface area contributed by atoms with Crippen molar-refractivity contribution in [1.29, 1.82) is 0 Å². The van der Waals surface area contributed by atoms with Crippen molar-refractivity contribution < 1.29 is 9.18 Å². The fourth-order valence-corrected chi connectivity index (χ4v) is 1.90. The van der Waals surface area contributed by atoms with Gasteiger partial charge in [-0.15, -0.1) is 10.2 Å². The fraction of sp³-hybridized carbons (Fsp3) is 0.0667. The molecule has 2 N–H and O–H groups in total. The minimum atomic E-state index is -0.334. The molecule has 2 heterocycles. The zero-order valence-electron chi connectivity index (χ0n) is 11.5. The number of nitrogens with zero attached hydrogens (tertiary/aromatic N) is 3. The smallest absolute Gasteiger partial charge is 0.231 e. The number of carbonyl (C=O) groups is 1. The van der Waals surface area contributed by atoms with Crippen LogP contribution in [0.1, 0.15) is 5.56 Å². The lowest BCUT2D eigenvalue weighted by molar-refractivity contribution is -0.115. The molecule has 0 aliphatic heterocycles. The van der Waals surface area contributed by atoms with Crippen LogP contribution in [0.15, 0.2) is 48.7 Å². The summed E-state index contributed by atoms with van der Waals surface area (Å²) in [4.78, 5) is 18.9. The maximum Gasteiger partial charge on any atom is 0.231 e. The second kappa shape index (κ2) is 6.13. The molecule has 2 aromatic heterocycles. The van der Waals surface area contributed by atoms with Gasteiger partial charge in [-0.2, -0.15) is 0 Å². The topological polar surface area (TPSA) is 83.6 Å². The van der Waals surface area contributed by atoms with Gasteiger partial charge in [-0.05, 0) is 29.8 Å². The first kappa shape index (κ1) is 13.9. The zero-order chi connectivity index (χ0) is 15.4. The highest BCUT2D eigenvalue weighted by Crippen LogP contribution is 2.12. The molecule has 1 aromatic carbocycles. The Morgan fingerprint density at radius 3 is 2.68 bits per heavy atom. The summed E-state index contributed by atoms with van der Waals surface area (Å²) in [5.41, 5.74) is 1.34. The van der Waals surface area contributed by atoms with Gasteiger partial charge in [0.1, 0.15) is 11.5 Å². The maximum atomic E-state index is 12.8. The number of hydrogen-bond acceptors (Lipinski definition) is 4. The lowest BCUT2D eigenvalue weighted by atomic mass is 10.1. The van der Waals surface area contributed by atoms with E-state index in [1.165, 1.54) is 12.1 Å². The van der Waals surface area contributed by atoms with E-state index >= 15 is 0 Å². The van der Waals surface area contributed by atoms with Crippen molar-refractivity contribution in [1.82, 2.24) is 20.2 Å². The number of aromatic nitrogens is 4. The SMILES string of the molecule is O=C(Cc1ccc(F)cc1)Nc1nnc(-c2ccccn2)[nH]1. The van der Waals surface area contributed by atoms with E-state index in [2.05, 4.69) is 25.5 Å². The maximum absolute atomic E-state index is 12.8. The average molecular weight is 297 g/mol. The van der Waals surface area contributed by atoms with Crippen molar-refractivity contribution in [2.24, 2.45) is 0 Å². The Morgan fingerprint density at radius 2 is 1.95 bits per heavy atom. The van der Waals surface area contributed by atoms with Crippen LogP contribution < -0.4 is 5.32 Å². The van der Waals surface area contributed by atoms with E-state index in [4.69, 9.17) is 0 Å². The highest BCUT2D eigenvalue weighted by Gasteiger charge is 2.09. The molecule has 0 atom stereocenters. The summed E-state index contributed by atoms with van der Waals surface area (Å²) in [6.07, 6.45) is 1.77. The summed E-state index contributed by atoms with van der Waals surface area (Å²) in [6, 6.07) is 11.2. The summed E-state index contributed by atoms with van der Waals surface area (Å²) in [6.45, 7) is 0. The van der Waals surface area contributed by atoms with Crippen LogP contribution in [0.4, 0.5) is 10.3 Å². The van der Waals surface area contributed by atoms with E-state index in [1.54, 1.807) is 30.5 Å². The number of benzene rings is 1. The molecule has 0 saturated heterocycles. The van der Waals surface area contributed by atoms with Gasteiger partial charge in [0, 0.05) is 6.20 Å². The van der Waals surface area contributed by atoms with Crippen LogP contribution in [-0.2, 0) is 11.2 Å². The van der Waals surface area contributed by atoms with Crippen LogP contribution in [0.25, 0.3) is 11.5 Å². The van der Waals surface area contributed by atoms with E-state index in [0.29, 0.717) is 17.1 Å². The molecule has 0 aliphatic carbocycles. The van der Waals surface area contributed by atoms with Crippen molar-refractivity contribution in [2.75, 3.05) is 5.32 Å². The van der Waals surface area contributed by atoms with Crippen LogP contribution >= 0.6 is 0 Å². The third-order valence-electron chi connectivity index (χ3n) is 2.93. The highest BCUT2D eigenvalue weighted by atomic mass is 19.1. The number of halogens is 1. The molecular weight excluding hydrogens is 285 g/mol. The predicted octanol–water partition coefficient (Wildman–Crippen LogP) is 2.19. The molecule has 0 bridgehead atoms. The standard InChI is InChI=1S/C15H12FN5O/c16-11-6-4-10(5-7-11)9-13(22)18-15-19-14(20-21-15)12-3-1-2-8-17-12/h1-8H,9H2,(H2,18,19,20,21,22). The van der Waals surface area contributed by atoms with Crippen LogP contribution in [-0.4, -0.2) is 26.1 Å². The Hall–Kier alpha value is -3.09. The number of H-pyrrole nitrogens is 1. The number of nitrogens with one attached hydrogen (secondary N) is 2. The first-order chi connectivity index (χ1) is 10.7. The van der Waals surface area contributed by atoms with Gasteiger partial charge in [0.2, 0.25) is 11.9 Å². The third kappa shape index (κ3) is 3.32. The van der Waals surface area contributed by atoms with E-state index in [0.717, 1.165) is 0 Å². The largest absolute Gasteiger partial charge is 0.306 e. The van der Waals surface area contributed by atoms with E-state index in [1.807, 2.05) is 6.07 Å². The zero-order valence-corrected chi connectivity index (χ0v) is 11.5. The molecule has 22 heavy (non-hydrogen) atoms. The Balaban J connectivity index is 1.65. The van der Waals surface area contributed by atoms with Crippen molar-refractivity contribution in [3.05, 3.63) is 60.0 Å². The van der Waals surface area contributed by atoms with Crippen LogP contribution in [0, 0.1) is 5.82 Å². The Bertz CT molecular complexity index is 770. The number of rotatable bonds is 4. The Morgan fingerprint density at radius 1 is 1.14 bits per heavy atom. The third-order valence-corrected chi connectivity index (χ3v) is 2.93. The first-order valence-electron chi connectivity index (χ1n) is 6.59. The van der Waals surface area contributed by atoms with E-state index in [-0.39, 0.29) is 24.1 Å². The summed E-state index contributed by atoms with van der Waals surface area (Å²) in [5.74, 6) is 0.111. The normalized spacial score (nSPS) is 10.4. The quantitative estimate of drug-likeness (QED) is 0.773. The van der Waals surface area contributed by atoms with Gasteiger partial charge in [0.05, 0.1) is 6.42 Å². The number of anilines is 1. The number of amides is 1. The molecule has 0 aliphatic rings. The number of aromatic amines is 1. The number of hydrogen-bond donors (Lipinski definition) is 2. The highest BCUT2D eigenvalue weighted by molar-refractivity contribution is 5.90. The Labute approximate surface area is 125 Å². The molecule has 110 valence electrons. The minimum Gasteiger partial charge on any atom is -0.306 e. The van der Waals surface area contributed by atoms with Gasteiger partial charge in [-0.3, -0.25) is 15.1 Å². The molecule has 7 heteroatoms. The molecule has 3 aromatic rings. The van der Waals surface area contributed by atoms with Crippen LogP contribution in [0.5, 0.6) is 0 Å². The summed E-state index contributed by atoms with van der Waals surface area (Å²) < 4.78 is 12.8. The number of carbonyl (C=O) groups excluding carboxylic acids is 1. The van der Waals surface area contributed by atoms with Crippen molar-refractivity contribution in [3.63, 3.8) is 0 Å². The van der Waals surface area contributed by atoms with Gasteiger partial charge in [0.25, 0.3) is 0 Å². The van der Waals surface area contributed by atoms with Crippen LogP contribution in [0.2, 0.25) is 0 Å². The van der Waals surface area contributed by atoms with Gasteiger partial charge >= 0.3 is 0 Å². The van der Waals surface area contributed by atoms with Crippen molar-refractivity contribution in [3.8, 4) is 11.5 Å². The summed E-state index contributed by atoms with van der Waals surface area (Å²) in [5, 5.41) is 10.4. The molecule has 1 amide bonds. The minimum absolute atomic E-state index is 0.125. The van der Waals surface area contributed by atoms with E-state index < -0.39 is 0 Å². The van der Waals surface area contributed by atoms with Crippen LogP contribution in [0.3, 0.4) is 0 Å². The van der Waals surface area contributed by atoms with Crippen molar-refractivity contribution in [2.45, 2.75) is 6.42 Å². The Kier molecular flexibility index (Phi) is 3.86. The monoisotopic (exact) mass is 297 g/mol. The van der Waals surface area contributed by atoms with Gasteiger partial charge in [-0.25, -0.2) is 4.39 Å². The summed E-state index contributed by atoms with van der Waals surface area (Å²) >= 11 is 0. The lowest BCUT2D eigenvalue weighted by Crippen LogP contribution is -2.15. The second-order valence-corrected chi connectivity index (χ2v) is 4.59. The summed E-state index contributed by atoms with van der Waals surface area (Å²) in [7, 11) is 0. The second-order valence-electron chi connectivity index (χ2n) is 4.59. The van der Waals surface area contributed by atoms with Gasteiger partial charge in [-0.1, -0.05) is 18.2 Å². The fourth-order valence-electron chi connectivity index (χ4n) is 1.90. The molecule has 3 rings (SSSR count). The molecule has 0 fully saturated rings. The van der Waals surface area contributed by atoms with Gasteiger partial charge < -0.3 is 4.98 Å². The predicted molar refractivity (Wildman–Crippen MR) is 78.3 cm³/mol. The molecule has 0 saturated carbocycles. The average Bonchev–Trinajstić information content (AvgIpc) is 2.99. The van der Waals surface area contributed by atoms with E-state index in [9.17, 15) is 9.18 Å². The van der Waals surface area contributed by atoms with Crippen molar-refractivity contribution >= 4 is 11.9 Å². The molecule has 0 spiro atoms. The lowest BCUT2D eigenvalue weighted by Gasteiger charge is -2.01. The number of pyridine rings is 1. The molecule has 0 unspecified atom stereocenters. The first-order valence-corrected chi connectivity index (χ1v) is 6.59. The molecule has 0 radical (unpaired) electrons. The van der Waals surface area contributed by atoms with Gasteiger partial charge in [0.15, 0.2) is 5.82 Å². The molecule has 6 nitrogen and oxygen atoms in total.